The third-order valence-electron chi connectivity index (χ3n) is 2.69. The Morgan fingerprint density at radius 1 is 1.62 bits per heavy atom. The zero-order valence-electron chi connectivity index (χ0n) is 9.00. The minimum atomic E-state index is -3.53. The second-order valence-electron chi connectivity index (χ2n) is 3.99. The van der Waals surface area contributed by atoms with E-state index >= 15 is 0 Å². The number of aliphatic hydroxyl groups excluding tert-OH is 1. The van der Waals surface area contributed by atoms with E-state index in [9.17, 15) is 8.42 Å². The van der Waals surface area contributed by atoms with Crippen LogP contribution in [0.4, 0.5) is 0 Å². The van der Waals surface area contributed by atoms with Crippen LogP contribution in [-0.2, 0) is 16.6 Å². The van der Waals surface area contributed by atoms with Crippen LogP contribution in [0, 0.1) is 0 Å². The number of hydrogen-bond donors (Lipinski definition) is 2. The average molecular weight is 245 g/mol. The van der Waals surface area contributed by atoms with Gasteiger partial charge in [-0.05, 0) is 19.8 Å². The fraction of sp³-hybridized carbons (Fsp3) is 0.667. The Kier molecular flexibility index (Phi) is 3.00. The Morgan fingerprint density at radius 2 is 2.31 bits per heavy atom. The van der Waals surface area contributed by atoms with Crippen LogP contribution < -0.4 is 4.72 Å². The van der Waals surface area contributed by atoms with E-state index in [-0.39, 0.29) is 17.2 Å². The van der Waals surface area contributed by atoms with Crippen LogP contribution in [0.3, 0.4) is 0 Å². The van der Waals surface area contributed by atoms with Crippen LogP contribution in [0.1, 0.15) is 19.8 Å². The van der Waals surface area contributed by atoms with E-state index in [4.69, 9.17) is 5.11 Å². The fourth-order valence-corrected chi connectivity index (χ4v) is 2.83. The summed E-state index contributed by atoms with van der Waals surface area (Å²) in [5, 5.41) is 9.11. The molecule has 0 aromatic carbocycles. The van der Waals surface area contributed by atoms with Gasteiger partial charge in [0.05, 0.1) is 12.4 Å². The summed E-state index contributed by atoms with van der Waals surface area (Å²) >= 11 is 0. The zero-order chi connectivity index (χ0) is 11.8. The van der Waals surface area contributed by atoms with Crippen molar-refractivity contribution >= 4 is 10.0 Å². The van der Waals surface area contributed by atoms with Gasteiger partial charge < -0.3 is 9.67 Å². The number of aryl methyl sites for hydroxylation is 1. The number of hydrogen-bond acceptors (Lipinski definition) is 4. The van der Waals surface area contributed by atoms with Crippen molar-refractivity contribution in [3.63, 3.8) is 0 Å². The van der Waals surface area contributed by atoms with Crippen molar-refractivity contribution in [3.05, 3.63) is 12.5 Å². The molecule has 0 spiro atoms. The Balaban J connectivity index is 2.06. The van der Waals surface area contributed by atoms with E-state index in [0.29, 0.717) is 19.4 Å². The van der Waals surface area contributed by atoms with Gasteiger partial charge in [0.1, 0.15) is 0 Å². The van der Waals surface area contributed by atoms with Gasteiger partial charge in [0.2, 0.25) is 0 Å². The number of nitrogens with one attached hydrogen (secondary N) is 1. The Morgan fingerprint density at radius 3 is 2.81 bits per heavy atom. The molecule has 0 radical (unpaired) electrons. The minimum absolute atomic E-state index is 0.0377. The molecule has 1 aliphatic carbocycles. The molecule has 0 atom stereocenters. The van der Waals surface area contributed by atoms with Crippen molar-refractivity contribution in [3.8, 4) is 0 Å². The van der Waals surface area contributed by atoms with E-state index in [1.54, 1.807) is 4.57 Å². The molecule has 90 valence electrons. The fourth-order valence-electron chi connectivity index (χ4n) is 1.62. The Bertz CT molecular complexity index is 462. The number of sulfonamides is 1. The highest BCUT2D eigenvalue weighted by Gasteiger charge is 2.32. The van der Waals surface area contributed by atoms with Crippen LogP contribution in [-0.4, -0.2) is 35.2 Å². The van der Waals surface area contributed by atoms with Gasteiger partial charge in [-0.2, -0.15) is 0 Å². The summed E-state index contributed by atoms with van der Waals surface area (Å²) in [6.45, 7) is 2.60. The molecule has 1 aliphatic rings. The maximum Gasteiger partial charge on any atom is 0.259 e. The highest BCUT2D eigenvalue weighted by atomic mass is 32.2. The second-order valence-corrected chi connectivity index (χ2v) is 5.65. The Hall–Kier alpha value is -0.920. The molecule has 0 unspecified atom stereocenters. The first-order valence-corrected chi connectivity index (χ1v) is 6.71. The van der Waals surface area contributed by atoms with Gasteiger partial charge in [-0.3, -0.25) is 0 Å². The first-order valence-electron chi connectivity index (χ1n) is 5.23. The third kappa shape index (κ3) is 2.26. The van der Waals surface area contributed by atoms with Crippen molar-refractivity contribution in [1.82, 2.24) is 14.3 Å². The summed E-state index contributed by atoms with van der Waals surface area (Å²) in [5.41, 5.74) is 0. The average Bonchev–Trinajstić information content (AvgIpc) is 2.63. The summed E-state index contributed by atoms with van der Waals surface area (Å²) in [6.07, 6.45) is 3.57. The summed E-state index contributed by atoms with van der Waals surface area (Å²) < 4.78 is 27.8. The lowest BCUT2D eigenvalue weighted by atomic mass is 9.91. The predicted octanol–water partition coefficient (Wildman–Crippen LogP) is -0.295. The lowest BCUT2D eigenvalue weighted by molar-refractivity contribution is 0.0712. The van der Waals surface area contributed by atoms with E-state index in [1.807, 2.05) is 6.92 Å². The molecule has 0 amide bonds. The summed E-state index contributed by atoms with van der Waals surface area (Å²) in [4.78, 5) is 3.84. The summed E-state index contributed by atoms with van der Waals surface area (Å²) in [6, 6.07) is -0.160. The van der Waals surface area contributed by atoms with E-state index < -0.39 is 10.0 Å². The lowest BCUT2D eigenvalue weighted by Crippen LogP contribution is -2.46. The molecule has 6 nitrogen and oxygen atoms in total. The van der Waals surface area contributed by atoms with Crippen molar-refractivity contribution in [2.24, 2.45) is 0 Å². The van der Waals surface area contributed by atoms with Crippen LogP contribution in [0.25, 0.3) is 0 Å². The van der Waals surface area contributed by atoms with E-state index in [0.717, 1.165) is 0 Å². The summed E-state index contributed by atoms with van der Waals surface area (Å²) in [5.74, 6) is 0. The lowest BCUT2D eigenvalue weighted by Gasteiger charge is -2.31. The number of nitrogens with zero attached hydrogens (tertiary/aromatic N) is 2. The maximum atomic E-state index is 11.8. The van der Waals surface area contributed by atoms with Gasteiger partial charge >= 0.3 is 0 Å². The molecule has 0 aliphatic heterocycles. The van der Waals surface area contributed by atoms with Crippen molar-refractivity contribution in [2.75, 3.05) is 0 Å². The zero-order valence-corrected chi connectivity index (χ0v) is 9.81. The Labute approximate surface area is 94.4 Å². The van der Waals surface area contributed by atoms with Gasteiger partial charge in [0.15, 0.2) is 5.03 Å². The molecule has 7 heteroatoms. The molecule has 0 bridgehead atoms. The highest BCUT2D eigenvalue weighted by molar-refractivity contribution is 7.89. The van der Waals surface area contributed by atoms with Crippen molar-refractivity contribution in [2.45, 2.75) is 43.5 Å². The largest absolute Gasteiger partial charge is 0.393 e. The molecule has 0 saturated heterocycles. The quantitative estimate of drug-likeness (QED) is 0.763. The van der Waals surface area contributed by atoms with E-state index in [1.165, 1.54) is 12.5 Å². The van der Waals surface area contributed by atoms with Crippen LogP contribution in [0.5, 0.6) is 0 Å². The van der Waals surface area contributed by atoms with Crippen LogP contribution in [0.15, 0.2) is 17.6 Å². The SMILES string of the molecule is CCn1cnc(S(=O)(=O)NC2CC(O)C2)c1. The number of imidazole rings is 1. The first kappa shape index (κ1) is 11.6. The minimum Gasteiger partial charge on any atom is -0.393 e. The first-order chi connectivity index (χ1) is 7.51. The highest BCUT2D eigenvalue weighted by Crippen LogP contribution is 2.21. The van der Waals surface area contributed by atoms with Gasteiger partial charge in [-0.15, -0.1) is 0 Å². The normalized spacial score (nSPS) is 25.4. The van der Waals surface area contributed by atoms with E-state index in [2.05, 4.69) is 9.71 Å². The molecule has 1 saturated carbocycles. The molecule has 1 aromatic heterocycles. The second kappa shape index (κ2) is 4.15. The van der Waals surface area contributed by atoms with Crippen LogP contribution >= 0.6 is 0 Å². The molecule has 1 heterocycles. The molecule has 1 aromatic rings. The van der Waals surface area contributed by atoms with Gasteiger partial charge in [-0.1, -0.05) is 0 Å². The standard InChI is InChI=1S/C9H15N3O3S/c1-2-12-5-9(10-6-12)16(14,15)11-7-3-8(13)4-7/h5-8,11,13H,2-4H2,1H3. The monoisotopic (exact) mass is 245 g/mol. The molecule has 2 N–H and O–H groups in total. The van der Waals surface area contributed by atoms with Crippen LogP contribution in [0.2, 0.25) is 0 Å². The topological polar surface area (TPSA) is 84.2 Å². The van der Waals surface area contributed by atoms with Gasteiger partial charge in [0, 0.05) is 18.8 Å². The third-order valence-corrected chi connectivity index (χ3v) is 4.09. The van der Waals surface area contributed by atoms with Crippen molar-refractivity contribution < 1.29 is 13.5 Å². The molecule has 1 fully saturated rings. The van der Waals surface area contributed by atoms with Gasteiger partial charge in [0.25, 0.3) is 10.0 Å². The molecular weight excluding hydrogens is 230 g/mol. The molecular formula is C9H15N3O3S. The molecule has 16 heavy (non-hydrogen) atoms. The number of aliphatic hydroxyl groups is 1. The van der Waals surface area contributed by atoms with Crippen molar-refractivity contribution in [1.29, 1.82) is 0 Å². The number of aromatic nitrogens is 2. The smallest absolute Gasteiger partial charge is 0.259 e. The van der Waals surface area contributed by atoms with Gasteiger partial charge in [-0.25, -0.2) is 18.1 Å². The predicted molar refractivity (Wildman–Crippen MR) is 57.3 cm³/mol. The maximum absolute atomic E-state index is 11.8. The summed E-state index contributed by atoms with van der Waals surface area (Å²) in [7, 11) is -3.53. The number of rotatable bonds is 4. The molecule has 2 rings (SSSR count).